The zero-order valence-corrected chi connectivity index (χ0v) is 21.8. The molecule has 0 spiro atoms. The zero-order chi connectivity index (χ0) is 28.1. The molecule has 6 rings (SSSR count). The highest BCUT2D eigenvalue weighted by molar-refractivity contribution is 7.93. The van der Waals surface area contributed by atoms with E-state index in [-0.39, 0.29) is 17.9 Å². The molecule has 1 saturated heterocycles. The van der Waals surface area contributed by atoms with Gasteiger partial charge in [0.15, 0.2) is 0 Å². The van der Waals surface area contributed by atoms with Crippen LogP contribution in [0.15, 0.2) is 97.6 Å². The van der Waals surface area contributed by atoms with Crippen molar-refractivity contribution in [2.24, 2.45) is 0 Å². The average molecular weight is 568 g/mol. The van der Waals surface area contributed by atoms with Crippen LogP contribution < -0.4 is 4.31 Å². The number of phenolic OH excluding ortho intramolecular Hbond substituents is 1. The van der Waals surface area contributed by atoms with Crippen LogP contribution in [0.2, 0.25) is 0 Å². The van der Waals surface area contributed by atoms with Crippen molar-refractivity contribution in [1.29, 1.82) is 0 Å². The Kier molecular flexibility index (Phi) is 6.42. The van der Waals surface area contributed by atoms with Gasteiger partial charge in [-0.3, -0.25) is 4.31 Å². The Labute approximate surface area is 228 Å². The highest BCUT2D eigenvalue weighted by Gasteiger charge is 2.55. The van der Waals surface area contributed by atoms with E-state index < -0.39 is 40.2 Å². The summed E-state index contributed by atoms with van der Waals surface area (Å²) in [6.45, 7) is -1.64. The molecule has 0 radical (unpaired) electrons. The van der Waals surface area contributed by atoms with Gasteiger partial charge in [-0.15, -0.1) is 0 Å². The Morgan fingerprint density at radius 3 is 2.23 bits per heavy atom. The number of phenols is 1. The van der Waals surface area contributed by atoms with E-state index in [0.29, 0.717) is 15.4 Å². The van der Waals surface area contributed by atoms with Gasteiger partial charge in [-0.2, -0.15) is 13.2 Å². The largest absolute Gasteiger partial charge is 0.508 e. The van der Waals surface area contributed by atoms with Crippen LogP contribution in [-0.2, 0) is 14.8 Å². The molecule has 11 heteroatoms. The maximum Gasteiger partial charge on any atom is 0.407 e. The molecule has 3 atom stereocenters. The predicted molar refractivity (Wildman–Crippen MR) is 144 cm³/mol. The number of fused-ring (bicyclic) bond motifs is 2. The van der Waals surface area contributed by atoms with Crippen molar-refractivity contribution < 1.29 is 31.4 Å². The van der Waals surface area contributed by atoms with Crippen LogP contribution in [0.5, 0.6) is 5.75 Å². The summed E-state index contributed by atoms with van der Waals surface area (Å²) >= 11 is 0. The van der Waals surface area contributed by atoms with Crippen molar-refractivity contribution in [3.8, 4) is 11.4 Å². The van der Waals surface area contributed by atoms with Gasteiger partial charge < -0.3 is 14.4 Å². The van der Waals surface area contributed by atoms with E-state index in [0.717, 1.165) is 16.8 Å². The van der Waals surface area contributed by atoms with Gasteiger partial charge >= 0.3 is 6.18 Å². The summed E-state index contributed by atoms with van der Waals surface area (Å²) in [5.74, 6) is 0.0748. The summed E-state index contributed by atoms with van der Waals surface area (Å²) in [6, 6.07) is 21.2. The minimum Gasteiger partial charge on any atom is -0.508 e. The average Bonchev–Trinajstić information content (AvgIpc) is 3.70. The fourth-order valence-corrected chi connectivity index (χ4v) is 7.47. The van der Waals surface area contributed by atoms with Gasteiger partial charge in [0, 0.05) is 18.1 Å². The van der Waals surface area contributed by atoms with Crippen molar-refractivity contribution in [3.05, 3.63) is 109 Å². The molecule has 1 fully saturated rings. The highest BCUT2D eigenvalue weighted by Crippen LogP contribution is 2.51. The fourth-order valence-electron chi connectivity index (χ4n) is 5.47. The van der Waals surface area contributed by atoms with Crippen LogP contribution in [0.1, 0.15) is 17.5 Å². The Morgan fingerprint density at radius 2 is 1.60 bits per heavy atom. The summed E-state index contributed by atoms with van der Waals surface area (Å²) in [7, 11) is -4.51. The first-order chi connectivity index (χ1) is 19.1. The molecule has 7 nitrogen and oxygen atoms in total. The minimum atomic E-state index is -4.75. The van der Waals surface area contributed by atoms with Crippen LogP contribution in [0.25, 0.3) is 16.8 Å². The Bertz CT molecular complexity index is 1640. The summed E-state index contributed by atoms with van der Waals surface area (Å²) in [5, 5.41) is 8.58. The number of alkyl halides is 3. The maximum atomic E-state index is 14.0. The van der Waals surface area contributed by atoms with Crippen molar-refractivity contribution in [2.45, 2.75) is 30.1 Å². The molecule has 2 aliphatic rings. The first kappa shape index (κ1) is 26.1. The number of rotatable bonds is 7. The van der Waals surface area contributed by atoms with Gasteiger partial charge in [-0.25, -0.2) is 13.4 Å². The molecule has 2 aliphatic heterocycles. The molecule has 4 aromatic rings. The SMILES string of the molecule is O=S(=O)(C1CC2OC1C(c1ccc(-n3ccnc3)cc1)=C2c1ccc(O)cc1)N(CC(F)(F)F)c1ccccc1. The summed E-state index contributed by atoms with van der Waals surface area (Å²) in [6.07, 6.45) is -1.30. The minimum absolute atomic E-state index is 0.00101. The lowest BCUT2D eigenvalue weighted by atomic mass is 9.83. The van der Waals surface area contributed by atoms with Gasteiger partial charge in [0.1, 0.15) is 23.6 Å². The second-order valence-corrected chi connectivity index (χ2v) is 11.8. The first-order valence-corrected chi connectivity index (χ1v) is 14.0. The molecule has 206 valence electrons. The van der Waals surface area contributed by atoms with E-state index in [9.17, 15) is 26.7 Å². The van der Waals surface area contributed by atoms with Crippen molar-refractivity contribution in [1.82, 2.24) is 9.55 Å². The Hall–Kier alpha value is -4.09. The number of aromatic hydroxyl groups is 1. The lowest BCUT2D eigenvalue weighted by Gasteiger charge is -2.32. The number of hydrogen-bond acceptors (Lipinski definition) is 5. The first-order valence-electron chi connectivity index (χ1n) is 12.5. The number of hydrogen-bond donors (Lipinski definition) is 1. The molecular formula is C29H24F3N3O4S. The highest BCUT2D eigenvalue weighted by atomic mass is 32.2. The predicted octanol–water partition coefficient (Wildman–Crippen LogP) is 5.43. The molecule has 0 saturated carbocycles. The third-order valence-corrected chi connectivity index (χ3v) is 9.37. The van der Waals surface area contributed by atoms with Gasteiger partial charge in [0.05, 0.1) is 18.1 Å². The summed E-state index contributed by atoms with van der Waals surface area (Å²) < 4.78 is 77.3. The second-order valence-electron chi connectivity index (χ2n) is 9.71. The third-order valence-electron chi connectivity index (χ3n) is 7.21. The van der Waals surface area contributed by atoms with Crippen molar-refractivity contribution >= 4 is 26.9 Å². The molecule has 40 heavy (non-hydrogen) atoms. The van der Waals surface area contributed by atoms with E-state index >= 15 is 0 Å². The Balaban J connectivity index is 1.44. The standard InChI is InChI=1S/C29H24F3N3O4S/c30-29(31,32)17-35(22-4-2-1-3-5-22)40(37,38)25-16-24-26(19-8-12-23(36)13-9-19)27(28(25)39-24)20-6-10-21(11-7-20)34-15-14-33-18-34/h1-15,18,24-25,28,36H,16-17H2. The fraction of sp³-hybridized carbons (Fsp3) is 0.207. The monoisotopic (exact) mass is 567 g/mol. The van der Waals surface area contributed by atoms with E-state index in [1.54, 1.807) is 36.9 Å². The smallest absolute Gasteiger partial charge is 0.407 e. The maximum absolute atomic E-state index is 14.0. The number of sulfonamides is 1. The molecule has 3 heterocycles. The van der Waals surface area contributed by atoms with Gasteiger partial charge in [0.2, 0.25) is 10.0 Å². The molecule has 2 bridgehead atoms. The number of nitrogens with zero attached hydrogens (tertiary/aromatic N) is 3. The lowest BCUT2D eigenvalue weighted by molar-refractivity contribution is -0.117. The number of aromatic nitrogens is 2. The molecule has 0 aliphatic carbocycles. The van der Waals surface area contributed by atoms with Crippen molar-refractivity contribution in [3.63, 3.8) is 0 Å². The van der Waals surface area contributed by atoms with Gasteiger partial charge in [-0.1, -0.05) is 42.5 Å². The van der Waals surface area contributed by atoms with E-state index in [1.165, 1.54) is 36.4 Å². The number of para-hydroxylation sites is 1. The number of anilines is 1. The number of benzene rings is 3. The normalized spacial score (nSPS) is 20.7. The van der Waals surface area contributed by atoms with Crippen molar-refractivity contribution in [2.75, 3.05) is 10.8 Å². The molecule has 0 amide bonds. The quantitative estimate of drug-likeness (QED) is 0.322. The van der Waals surface area contributed by atoms with E-state index in [2.05, 4.69) is 4.98 Å². The molecule has 1 N–H and O–H groups in total. The molecule has 3 unspecified atom stereocenters. The Morgan fingerprint density at radius 1 is 0.950 bits per heavy atom. The number of halogens is 3. The second kappa shape index (κ2) is 9.83. The summed E-state index contributed by atoms with van der Waals surface area (Å²) in [4.78, 5) is 4.05. The topological polar surface area (TPSA) is 84.7 Å². The van der Waals surface area contributed by atoms with E-state index in [4.69, 9.17) is 4.74 Å². The zero-order valence-electron chi connectivity index (χ0n) is 20.9. The molecular weight excluding hydrogens is 543 g/mol. The van der Waals surface area contributed by atoms with E-state index in [1.807, 2.05) is 28.8 Å². The third kappa shape index (κ3) is 4.75. The number of imidazole rings is 1. The lowest BCUT2D eigenvalue weighted by Crippen LogP contribution is -2.47. The summed E-state index contributed by atoms with van der Waals surface area (Å²) in [5.41, 5.74) is 3.58. The number of ether oxygens (including phenoxy) is 1. The molecule has 1 aromatic heterocycles. The van der Waals surface area contributed by atoms with Crippen LogP contribution in [0.4, 0.5) is 18.9 Å². The van der Waals surface area contributed by atoms with Crippen LogP contribution in [-0.4, -0.2) is 53.3 Å². The van der Waals surface area contributed by atoms with Gasteiger partial charge in [0.25, 0.3) is 0 Å². The van der Waals surface area contributed by atoms with Crippen LogP contribution >= 0.6 is 0 Å². The molecule has 3 aromatic carbocycles. The van der Waals surface area contributed by atoms with Crippen LogP contribution in [0, 0.1) is 0 Å². The van der Waals surface area contributed by atoms with Gasteiger partial charge in [-0.05, 0) is 65.1 Å². The van der Waals surface area contributed by atoms with Crippen LogP contribution in [0.3, 0.4) is 0 Å².